The van der Waals surface area contributed by atoms with Gasteiger partial charge in [-0.15, -0.1) is 0 Å². The molecule has 7 rings (SSSR count). The van der Waals surface area contributed by atoms with Gasteiger partial charge < -0.3 is 24.2 Å². The maximum absolute atomic E-state index is 15.4. The highest BCUT2D eigenvalue weighted by molar-refractivity contribution is 7.87. The second kappa shape index (κ2) is 13.4. The second-order valence-corrected chi connectivity index (χ2v) is 17.4. The number of nitrogens with one attached hydrogen (secondary N) is 1. The zero-order valence-electron chi connectivity index (χ0n) is 30.6. The van der Waals surface area contributed by atoms with E-state index in [1.54, 1.807) is 20.1 Å². The van der Waals surface area contributed by atoms with Crippen LogP contribution in [-0.2, 0) is 29.3 Å². The van der Waals surface area contributed by atoms with Gasteiger partial charge in [0, 0.05) is 82.4 Å². The van der Waals surface area contributed by atoms with Gasteiger partial charge in [0.05, 0.1) is 30.8 Å². The molecule has 6 aliphatic rings. The van der Waals surface area contributed by atoms with Gasteiger partial charge in [0.15, 0.2) is 0 Å². The van der Waals surface area contributed by atoms with Crippen molar-refractivity contribution in [2.75, 3.05) is 53.9 Å². The number of hydrogen-bond acceptors (Lipinski definition) is 8. The summed E-state index contributed by atoms with van der Waals surface area (Å²) in [5, 5.41) is 0. The molecule has 2 saturated heterocycles. The third-order valence-corrected chi connectivity index (χ3v) is 13.4. The predicted octanol–water partition coefficient (Wildman–Crippen LogP) is 3.29. The van der Waals surface area contributed by atoms with Gasteiger partial charge in [0.2, 0.25) is 11.8 Å². The molecule has 1 aromatic rings. The van der Waals surface area contributed by atoms with Gasteiger partial charge in [0.1, 0.15) is 5.75 Å². The predicted molar refractivity (Wildman–Crippen MR) is 192 cm³/mol. The third kappa shape index (κ3) is 6.18. The minimum absolute atomic E-state index is 0.00121. The average Bonchev–Trinajstić information content (AvgIpc) is 3.61. The van der Waals surface area contributed by atoms with Crippen molar-refractivity contribution in [3.8, 4) is 5.75 Å². The fraction of sp³-hybridized carbons (Fsp3) is 0.605. The normalized spacial score (nSPS) is 30.7. The molecule has 2 aliphatic carbocycles. The summed E-state index contributed by atoms with van der Waals surface area (Å²) in [7, 11) is 0.376. The fourth-order valence-corrected chi connectivity index (χ4v) is 10.2. The van der Waals surface area contributed by atoms with E-state index in [0.717, 1.165) is 46.8 Å². The zero-order valence-corrected chi connectivity index (χ0v) is 31.4. The standard InChI is InChI=1S/C38H51N5O7S/c1-23-18-41(19-24(2)50-23)37(46)38-21-42(25(3)44)20-32(38)31-17-28(49-6)13-15-29(31)35-34(26-10-8-7-9-11-26)30-14-12-27(16-33(30)43(35)22-38)36(45)39-51(47,48)40(4)5/h12-17,23-24,26,30,32-33H,7-11,18-22H2,1-6H3,(H,39,45)/t23-,24+,30?,32?,33?,38?. The number of benzene rings is 1. The molecular weight excluding hydrogens is 671 g/mol. The molecule has 4 heterocycles. The Morgan fingerprint density at radius 3 is 2.35 bits per heavy atom. The highest BCUT2D eigenvalue weighted by Gasteiger charge is 2.60. The Morgan fingerprint density at radius 1 is 1.00 bits per heavy atom. The minimum atomic E-state index is -4.02. The summed E-state index contributed by atoms with van der Waals surface area (Å²) in [5.74, 6) is -0.151. The van der Waals surface area contributed by atoms with Crippen LogP contribution in [0.4, 0.5) is 0 Å². The Bertz CT molecular complexity index is 1810. The molecule has 0 radical (unpaired) electrons. The van der Waals surface area contributed by atoms with Crippen LogP contribution in [0.2, 0.25) is 0 Å². The van der Waals surface area contributed by atoms with Gasteiger partial charge in [-0.1, -0.05) is 31.4 Å². The van der Waals surface area contributed by atoms with E-state index in [1.807, 2.05) is 35.8 Å². The highest BCUT2D eigenvalue weighted by Crippen LogP contribution is 2.57. The molecule has 3 fully saturated rings. The van der Waals surface area contributed by atoms with Crippen LogP contribution in [0.3, 0.4) is 0 Å². The maximum Gasteiger partial charge on any atom is 0.303 e. The lowest BCUT2D eigenvalue weighted by molar-refractivity contribution is -0.155. The molecule has 4 aliphatic heterocycles. The zero-order chi connectivity index (χ0) is 36.4. The lowest BCUT2D eigenvalue weighted by Gasteiger charge is -2.44. The van der Waals surface area contributed by atoms with E-state index < -0.39 is 21.5 Å². The van der Waals surface area contributed by atoms with E-state index in [0.29, 0.717) is 37.8 Å². The van der Waals surface area contributed by atoms with Gasteiger partial charge in [0.25, 0.3) is 5.91 Å². The molecule has 12 nitrogen and oxygen atoms in total. The Kier molecular flexibility index (Phi) is 9.37. The monoisotopic (exact) mass is 721 g/mol. The maximum atomic E-state index is 15.4. The van der Waals surface area contributed by atoms with Crippen LogP contribution in [0.15, 0.2) is 47.6 Å². The fourth-order valence-electron chi connectivity index (χ4n) is 9.63. The van der Waals surface area contributed by atoms with Crippen LogP contribution in [0.25, 0.3) is 5.70 Å². The Balaban J connectivity index is 1.43. The number of carbonyl (C=O) groups is 3. The number of rotatable bonds is 6. The number of fused-ring (bicyclic) bond motifs is 7. The molecule has 1 aromatic carbocycles. The lowest BCUT2D eigenvalue weighted by Crippen LogP contribution is -2.58. The van der Waals surface area contributed by atoms with Crippen LogP contribution in [0, 0.1) is 17.3 Å². The Hall–Kier alpha value is -3.68. The molecule has 276 valence electrons. The largest absolute Gasteiger partial charge is 0.497 e. The molecule has 3 amide bonds. The third-order valence-electron chi connectivity index (χ3n) is 12.0. The summed E-state index contributed by atoms with van der Waals surface area (Å²) < 4.78 is 40.4. The highest BCUT2D eigenvalue weighted by atomic mass is 32.2. The van der Waals surface area contributed by atoms with Gasteiger partial charge >= 0.3 is 10.2 Å². The smallest absolute Gasteiger partial charge is 0.303 e. The number of nitrogens with zero attached hydrogens (tertiary/aromatic N) is 4. The lowest BCUT2D eigenvalue weighted by atomic mass is 9.71. The van der Waals surface area contributed by atoms with Crippen LogP contribution in [0.1, 0.15) is 69.9 Å². The van der Waals surface area contributed by atoms with E-state index in [-0.39, 0.29) is 54.0 Å². The van der Waals surface area contributed by atoms with Crippen molar-refractivity contribution in [2.45, 2.75) is 77.0 Å². The Labute approximate surface area is 301 Å². The first-order valence-electron chi connectivity index (χ1n) is 18.3. The number of carbonyl (C=O) groups excluding carboxylic acids is 3. The molecule has 13 heteroatoms. The van der Waals surface area contributed by atoms with Gasteiger partial charge in [-0.3, -0.25) is 14.4 Å². The van der Waals surface area contributed by atoms with Crippen LogP contribution < -0.4 is 9.46 Å². The van der Waals surface area contributed by atoms with Crippen LogP contribution >= 0.6 is 0 Å². The van der Waals surface area contributed by atoms with E-state index in [1.165, 1.54) is 26.1 Å². The van der Waals surface area contributed by atoms with E-state index in [4.69, 9.17) is 9.47 Å². The average molecular weight is 722 g/mol. The molecule has 0 spiro atoms. The minimum Gasteiger partial charge on any atom is -0.497 e. The summed E-state index contributed by atoms with van der Waals surface area (Å²) in [6.45, 7) is 7.44. The van der Waals surface area contributed by atoms with E-state index in [2.05, 4.69) is 27.8 Å². The second-order valence-electron chi connectivity index (χ2n) is 15.5. The van der Waals surface area contributed by atoms with Crippen molar-refractivity contribution in [2.24, 2.45) is 17.3 Å². The van der Waals surface area contributed by atoms with Gasteiger partial charge in [-0.25, -0.2) is 4.72 Å². The molecule has 1 N–H and O–H groups in total. The molecule has 4 unspecified atom stereocenters. The van der Waals surface area contributed by atoms with E-state index >= 15 is 4.79 Å². The molecular formula is C38H51N5O7S. The summed E-state index contributed by atoms with van der Waals surface area (Å²) in [5.41, 5.74) is 3.69. The number of morpholine rings is 1. The molecule has 1 saturated carbocycles. The summed E-state index contributed by atoms with van der Waals surface area (Å²) in [4.78, 5) is 48.1. The first kappa shape index (κ1) is 35.7. The first-order chi connectivity index (χ1) is 24.2. The number of hydrogen-bond donors (Lipinski definition) is 1. The number of methoxy groups -OCH3 is 1. The van der Waals surface area contributed by atoms with Crippen LogP contribution in [0.5, 0.6) is 5.75 Å². The number of amides is 3. The number of ether oxygens (including phenoxy) is 2. The Morgan fingerprint density at radius 2 is 1.71 bits per heavy atom. The summed E-state index contributed by atoms with van der Waals surface area (Å²) in [6, 6.07) is 5.80. The SMILES string of the molecule is COc1ccc2c(c1)C1CN(C(C)=O)CC1(C(=O)N1C[C@@H](C)O[C@@H](C)C1)CN1C2=C(C2CCCCC2)C2C=CC(C(=O)NS(=O)(=O)N(C)C)=CC21. The van der Waals surface area contributed by atoms with Crippen LogP contribution in [-0.4, -0.2) is 117 Å². The van der Waals surface area contributed by atoms with E-state index in [9.17, 15) is 18.0 Å². The molecule has 51 heavy (non-hydrogen) atoms. The van der Waals surface area contributed by atoms with Crippen molar-refractivity contribution >= 4 is 33.6 Å². The molecule has 0 aromatic heterocycles. The first-order valence-corrected chi connectivity index (χ1v) is 19.7. The van der Waals surface area contributed by atoms with Gasteiger partial charge in [-0.2, -0.15) is 12.7 Å². The number of likely N-dealkylation sites (tertiary alicyclic amines) is 1. The van der Waals surface area contributed by atoms with Crippen molar-refractivity contribution in [3.05, 3.63) is 58.7 Å². The summed E-state index contributed by atoms with van der Waals surface area (Å²) >= 11 is 0. The van der Waals surface area contributed by atoms with Gasteiger partial charge in [-0.05, 0) is 68.0 Å². The quantitative estimate of drug-likeness (QED) is 0.475. The van der Waals surface area contributed by atoms with Crippen molar-refractivity contribution in [1.82, 2.24) is 23.7 Å². The van der Waals surface area contributed by atoms with Crippen molar-refractivity contribution in [1.29, 1.82) is 0 Å². The summed E-state index contributed by atoms with van der Waals surface area (Å²) in [6.07, 6.45) is 11.0. The van der Waals surface area contributed by atoms with Crippen molar-refractivity contribution < 1.29 is 32.3 Å². The van der Waals surface area contributed by atoms with Crippen molar-refractivity contribution in [3.63, 3.8) is 0 Å². The molecule has 6 atom stereocenters. The molecule has 0 bridgehead atoms. The topological polar surface area (TPSA) is 129 Å².